The summed E-state index contributed by atoms with van der Waals surface area (Å²) in [5.41, 5.74) is 0.819. The highest BCUT2D eigenvalue weighted by Gasteiger charge is 2.24. The summed E-state index contributed by atoms with van der Waals surface area (Å²) in [7, 11) is 0. The molecule has 0 spiro atoms. The second-order valence-electron chi connectivity index (χ2n) is 4.16. The smallest absolute Gasteiger partial charge is 0.0857 e. The predicted octanol–water partition coefficient (Wildman–Crippen LogP) is 1.78. The van der Waals surface area contributed by atoms with Gasteiger partial charge in [0, 0.05) is 18.3 Å². The Labute approximate surface area is 97.2 Å². The Morgan fingerprint density at radius 3 is 2.38 bits per heavy atom. The zero-order valence-corrected chi connectivity index (χ0v) is 10.0. The lowest BCUT2D eigenvalue weighted by atomic mass is 9.91. The molecule has 0 aromatic carbocycles. The van der Waals surface area contributed by atoms with Crippen LogP contribution in [0, 0.1) is 5.92 Å². The SMILES string of the molecule is CCC(CC)C(O)C(O)Cc1ccccn1. The summed E-state index contributed by atoms with van der Waals surface area (Å²) in [5, 5.41) is 19.9. The van der Waals surface area contributed by atoms with E-state index in [0.717, 1.165) is 18.5 Å². The minimum atomic E-state index is -0.722. The van der Waals surface area contributed by atoms with Crippen molar-refractivity contribution in [1.82, 2.24) is 4.98 Å². The first-order chi connectivity index (χ1) is 7.69. The predicted molar refractivity (Wildman–Crippen MR) is 64.0 cm³/mol. The summed E-state index contributed by atoms with van der Waals surface area (Å²) in [4.78, 5) is 4.14. The summed E-state index contributed by atoms with van der Waals surface area (Å²) >= 11 is 0. The van der Waals surface area contributed by atoms with Gasteiger partial charge in [-0.25, -0.2) is 0 Å². The van der Waals surface area contributed by atoms with Crippen molar-refractivity contribution in [1.29, 1.82) is 0 Å². The average molecular weight is 223 g/mol. The van der Waals surface area contributed by atoms with Crippen LogP contribution in [0.5, 0.6) is 0 Å². The molecule has 0 radical (unpaired) electrons. The van der Waals surface area contributed by atoms with E-state index in [4.69, 9.17) is 0 Å². The summed E-state index contributed by atoms with van der Waals surface area (Å²) < 4.78 is 0. The van der Waals surface area contributed by atoms with Crippen LogP contribution in [0.15, 0.2) is 24.4 Å². The standard InChI is InChI=1S/C13H21NO2/c1-3-10(4-2)13(16)12(15)9-11-7-5-6-8-14-11/h5-8,10,12-13,15-16H,3-4,9H2,1-2H3. The largest absolute Gasteiger partial charge is 0.390 e. The summed E-state index contributed by atoms with van der Waals surface area (Å²) in [6, 6.07) is 5.59. The zero-order valence-electron chi connectivity index (χ0n) is 10.0. The molecule has 0 amide bonds. The van der Waals surface area contributed by atoms with E-state index in [9.17, 15) is 10.2 Å². The van der Waals surface area contributed by atoms with Crippen LogP contribution in [0.1, 0.15) is 32.4 Å². The van der Waals surface area contributed by atoms with Crippen molar-refractivity contribution in [3.63, 3.8) is 0 Å². The molecule has 1 aromatic heterocycles. The Bertz CT molecular complexity index is 285. The number of aromatic nitrogens is 1. The molecule has 3 heteroatoms. The number of nitrogens with zero attached hydrogens (tertiary/aromatic N) is 1. The van der Waals surface area contributed by atoms with Crippen LogP contribution < -0.4 is 0 Å². The summed E-state index contributed by atoms with van der Waals surface area (Å²) in [6.45, 7) is 4.07. The molecule has 0 saturated heterocycles. The molecule has 0 aliphatic carbocycles. The fraction of sp³-hybridized carbons (Fsp3) is 0.615. The van der Waals surface area contributed by atoms with Crippen molar-refractivity contribution in [2.75, 3.05) is 0 Å². The molecule has 0 aliphatic heterocycles. The van der Waals surface area contributed by atoms with E-state index in [1.165, 1.54) is 0 Å². The molecule has 1 rings (SSSR count). The molecule has 1 aromatic rings. The van der Waals surface area contributed by atoms with Gasteiger partial charge in [0.15, 0.2) is 0 Å². The third-order valence-electron chi connectivity index (χ3n) is 3.07. The topological polar surface area (TPSA) is 53.4 Å². The van der Waals surface area contributed by atoms with Gasteiger partial charge >= 0.3 is 0 Å². The lowest BCUT2D eigenvalue weighted by Crippen LogP contribution is -2.34. The summed E-state index contributed by atoms with van der Waals surface area (Å²) in [6.07, 6.45) is 2.51. The van der Waals surface area contributed by atoms with Crippen LogP contribution >= 0.6 is 0 Å². The highest BCUT2D eigenvalue weighted by Crippen LogP contribution is 2.17. The highest BCUT2D eigenvalue weighted by molar-refractivity contribution is 5.05. The monoisotopic (exact) mass is 223 g/mol. The quantitative estimate of drug-likeness (QED) is 0.773. The first-order valence-electron chi connectivity index (χ1n) is 5.95. The number of aliphatic hydroxyl groups is 2. The van der Waals surface area contributed by atoms with E-state index in [1.807, 2.05) is 32.0 Å². The van der Waals surface area contributed by atoms with Gasteiger partial charge in [-0.05, 0) is 18.1 Å². The van der Waals surface area contributed by atoms with Gasteiger partial charge in [0.25, 0.3) is 0 Å². The normalized spacial score (nSPS) is 15.1. The van der Waals surface area contributed by atoms with Crippen LogP contribution in [0.3, 0.4) is 0 Å². The Balaban J connectivity index is 2.54. The Morgan fingerprint density at radius 2 is 1.88 bits per heavy atom. The van der Waals surface area contributed by atoms with Crippen LogP contribution in [-0.4, -0.2) is 27.4 Å². The third kappa shape index (κ3) is 3.58. The van der Waals surface area contributed by atoms with Crippen molar-refractivity contribution in [2.45, 2.75) is 45.3 Å². The van der Waals surface area contributed by atoms with E-state index in [1.54, 1.807) is 6.20 Å². The maximum atomic E-state index is 9.96. The van der Waals surface area contributed by atoms with E-state index in [0.29, 0.717) is 6.42 Å². The fourth-order valence-electron chi connectivity index (χ4n) is 1.94. The Hall–Kier alpha value is -0.930. The first kappa shape index (κ1) is 13.1. The number of hydrogen-bond donors (Lipinski definition) is 2. The molecule has 0 saturated carbocycles. The van der Waals surface area contributed by atoms with Gasteiger partial charge in [-0.15, -0.1) is 0 Å². The van der Waals surface area contributed by atoms with E-state index in [2.05, 4.69) is 4.98 Å². The van der Waals surface area contributed by atoms with E-state index < -0.39 is 12.2 Å². The maximum absolute atomic E-state index is 9.96. The number of rotatable bonds is 6. The Kier molecular flexibility index (Phi) is 5.43. The van der Waals surface area contributed by atoms with Gasteiger partial charge in [0.1, 0.15) is 0 Å². The molecule has 2 unspecified atom stereocenters. The number of aliphatic hydroxyl groups excluding tert-OH is 2. The molecular formula is C13H21NO2. The van der Waals surface area contributed by atoms with Gasteiger partial charge in [-0.3, -0.25) is 4.98 Å². The van der Waals surface area contributed by atoms with Crippen molar-refractivity contribution in [3.8, 4) is 0 Å². The van der Waals surface area contributed by atoms with Gasteiger partial charge in [0.05, 0.1) is 12.2 Å². The minimum absolute atomic E-state index is 0.165. The van der Waals surface area contributed by atoms with Crippen LogP contribution in [0.25, 0.3) is 0 Å². The Morgan fingerprint density at radius 1 is 1.19 bits per heavy atom. The molecule has 3 nitrogen and oxygen atoms in total. The highest BCUT2D eigenvalue weighted by atomic mass is 16.3. The van der Waals surface area contributed by atoms with E-state index >= 15 is 0 Å². The molecule has 0 aliphatic rings. The van der Waals surface area contributed by atoms with Crippen LogP contribution in [-0.2, 0) is 6.42 Å². The zero-order chi connectivity index (χ0) is 12.0. The van der Waals surface area contributed by atoms with Crippen molar-refractivity contribution in [3.05, 3.63) is 30.1 Å². The van der Waals surface area contributed by atoms with Crippen molar-refractivity contribution >= 4 is 0 Å². The van der Waals surface area contributed by atoms with Gasteiger partial charge < -0.3 is 10.2 Å². The van der Waals surface area contributed by atoms with Crippen molar-refractivity contribution < 1.29 is 10.2 Å². The molecule has 16 heavy (non-hydrogen) atoms. The van der Waals surface area contributed by atoms with Crippen molar-refractivity contribution in [2.24, 2.45) is 5.92 Å². The lowest BCUT2D eigenvalue weighted by molar-refractivity contribution is -0.0192. The molecule has 0 fully saturated rings. The van der Waals surface area contributed by atoms with Gasteiger partial charge in [-0.2, -0.15) is 0 Å². The number of pyridine rings is 1. The molecule has 2 N–H and O–H groups in total. The van der Waals surface area contributed by atoms with Gasteiger partial charge in [0.2, 0.25) is 0 Å². The maximum Gasteiger partial charge on any atom is 0.0857 e. The molecule has 2 atom stereocenters. The van der Waals surface area contributed by atoms with Crippen LogP contribution in [0.4, 0.5) is 0 Å². The lowest BCUT2D eigenvalue weighted by Gasteiger charge is -2.24. The average Bonchev–Trinajstić information content (AvgIpc) is 2.31. The molecule has 1 heterocycles. The first-order valence-corrected chi connectivity index (χ1v) is 5.95. The molecular weight excluding hydrogens is 202 g/mol. The second-order valence-corrected chi connectivity index (χ2v) is 4.16. The summed E-state index contributed by atoms with van der Waals surface area (Å²) in [5.74, 6) is 0.165. The second kappa shape index (κ2) is 6.61. The fourth-order valence-corrected chi connectivity index (χ4v) is 1.94. The van der Waals surface area contributed by atoms with E-state index in [-0.39, 0.29) is 5.92 Å². The number of hydrogen-bond acceptors (Lipinski definition) is 3. The van der Waals surface area contributed by atoms with Crippen LogP contribution in [0.2, 0.25) is 0 Å². The minimum Gasteiger partial charge on any atom is -0.390 e. The van der Waals surface area contributed by atoms with Gasteiger partial charge in [-0.1, -0.05) is 32.8 Å². The molecule has 0 bridgehead atoms. The third-order valence-corrected chi connectivity index (χ3v) is 3.07. The molecule has 90 valence electrons.